The molecule has 13 nitrogen and oxygen atoms in total. The molecule has 3 amide bonds. The molecule has 1 saturated heterocycles. The fraction of sp³-hybridized carbons (Fsp3) is 0.605. The molecule has 2 bridgehead atoms. The second-order valence-electron chi connectivity index (χ2n) is 17.1. The highest BCUT2D eigenvalue weighted by atomic mass is 32.2. The smallest absolute Gasteiger partial charge is 0.306 e. The zero-order valence-corrected chi connectivity index (χ0v) is 33.3. The van der Waals surface area contributed by atoms with Gasteiger partial charge in [0.15, 0.2) is 5.88 Å². The molecule has 306 valence electrons. The minimum atomic E-state index is -3.90. The summed E-state index contributed by atoms with van der Waals surface area (Å²) in [4.78, 5) is 72.2. The van der Waals surface area contributed by atoms with Gasteiger partial charge in [-0.2, -0.15) is 0 Å². The quantitative estimate of drug-likeness (QED) is 0.299. The second-order valence-corrected chi connectivity index (χ2v) is 19.1. The van der Waals surface area contributed by atoms with Gasteiger partial charge in [-0.1, -0.05) is 49.3 Å². The molecule has 7 atom stereocenters. The monoisotopic (exact) mass is 802 g/mol. The summed E-state index contributed by atoms with van der Waals surface area (Å²) in [6.07, 6.45) is 14.4. The summed E-state index contributed by atoms with van der Waals surface area (Å²) in [7, 11) is -3.90. The van der Waals surface area contributed by atoms with Crippen LogP contribution in [0.2, 0.25) is 0 Å². The lowest BCUT2D eigenvalue weighted by molar-refractivity contribution is -0.156. The molecule has 2 aliphatic heterocycles. The lowest BCUT2D eigenvalue weighted by atomic mass is 9.86. The number of amides is 3. The van der Waals surface area contributed by atoms with Gasteiger partial charge in [0.25, 0.3) is 11.5 Å². The van der Waals surface area contributed by atoms with Crippen molar-refractivity contribution in [2.45, 2.75) is 132 Å². The minimum absolute atomic E-state index is 0.00309. The number of sulfonamides is 1. The number of nitrogens with one attached hydrogen (secondary N) is 2. The topological polar surface area (TPSA) is 170 Å². The Balaban J connectivity index is 1.14. The Morgan fingerprint density at radius 1 is 0.912 bits per heavy atom. The summed E-state index contributed by atoms with van der Waals surface area (Å²) >= 11 is 0. The van der Waals surface area contributed by atoms with Crippen LogP contribution in [0, 0.1) is 23.7 Å². The molecule has 0 spiro atoms. The molecule has 4 saturated carbocycles. The number of allylic oxidation sites excluding steroid dienone is 2. The van der Waals surface area contributed by atoms with E-state index in [2.05, 4.69) is 22.7 Å². The summed E-state index contributed by atoms with van der Waals surface area (Å²) in [5, 5.41) is 3.46. The summed E-state index contributed by atoms with van der Waals surface area (Å²) in [5.41, 5.74) is -1.76. The average Bonchev–Trinajstić information content (AvgIpc) is 3.98. The largest absolute Gasteiger partial charge is 0.473 e. The molecule has 57 heavy (non-hydrogen) atoms. The Morgan fingerprint density at radius 3 is 2.42 bits per heavy atom. The van der Waals surface area contributed by atoms with Crippen molar-refractivity contribution in [3.05, 3.63) is 65.5 Å². The zero-order valence-electron chi connectivity index (χ0n) is 32.4. The van der Waals surface area contributed by atoms with Crippen LogP contribution in [0.1, 0.15) is 96.3 Å². The number of carbonyl (C=O) groups excluding carboxylic acids is 4. The number of benzene rings is 1. The van der Waals surface area contributed by atoms with E-state index in [4.69, 9.17) is 9.47 Å². The fourth-order valence-corrected chi connectivity index (χ4v) is 11.2. The molecular formula is C43H54N4O9S. The van der Waals surface area contributed by atoms with Crippen LogP contribution in [0.3, 0.4) is 0 Å². The van der Waals surface area contributed by atoms with Crippen LogP contribution in [0.4, 0.5) is 0 Å². The number of esters is 1. The number of fused-ring (bicyclic) bond motifs is 5. The van der Waals surface area contributed by atoms with E-state index in [1.807, 2.05) is 30.3 Å². The van der Waals surface area contributed by atoms with Crippen LogP contribution in [-0.2, 0) is 40.5 Å². The van der Waals surface area contributed by atoms with Crippen LogP contribution in [-0.4, -0.2) is 77.2 Å². The second kappa shape index (κ2) is 16.1. The molecular weight excluding hydrogens is 749 g/mol. The Bertz CT molecular complexity index is 2120. The van der Waals surface area contributed by atoms with Gasteiger partial charge >= 0.3 is 5.97 Å². The molecule has 4 aliphatic carbocycles. The van der Waals surface area contributed by atoms with Gasteiger partial charge in [-0.25, -0.2) is 8.42 Å². The van der Waals surface area contributed by atoms with Crippen molar-refractivity contribution in [2.24, 2.45) is 23.7 Å². The number of hydrogen-bond acceptors (Lipinski definition) is 9. The maximum Gasteiger partial charge on any atom is 0.306 e. The average molecular weight is 803 g/mol. The number of pyridine rings is 1. The first kappa shape index (κ1) is 39.4. The normalized spacial score (nSPS) is 31.8. The number of aromatic nitrogens is 1. The van der Waals surface area contributed by atoms with Gasteiger partial charge in [0.1, 0.15) is 23.8 Å². The third-order valence-corrected chi connectivity index (χ3v) is 15.1. The zero-order chi connectivity index (χ0) is 39.9. The highest BCUT2D eigenvalue weighted by Gasteiger charge is 2.62. The summed E-state index contributed by atoms with van der Waals surface area (Å²) in [6, 6.07) is 7.98. The van der Waals surface area contributed by atoms with E-state index >= 15 is 0 Å². The van der Waals surface area contributed by atoms with E-state index in [9.17, 15) is 32.4 Å². The Kier molecular flexibility index (Phi) is 11.1. The van der Waals surface area contributed by atoms with Crippen LogP contribution in [0.15, 0.2) is 59.9 Å². The SMILES string of the molecule is C=C[C@@H]1C[C@]1(NC(=O)[C@@H]1C[C@@H]2CN1C(=O)[C@H](C1CCCC1)CC(=O)O[C@@H]1CCC[C@H]1CCC/C=C/Cn1c(cc3ccccc3c1=O)O2)C(=O)NS(=O)(=O)C1CC1. The number of ether oxygens (including phenoxy) is 2. The van der Waals surface area contributed by atoms with Crippen LogP contribution in [0.5, 0.6) is 5.88 Å². The third-order valence-electron chi connectivity index (χ3n) is 13.3. The van der Waals surface area contributed by atoms with E-state index in [-0.39, 0.29) is 61.8 Å². The van der Waals surface area contributed by atoms with E-state index < -0.39 is 62.6 Å². The first-order valence-corrected chi connectivity index (χ1v) is 22.5. The van der Waals surface area contributed by atoms with Crippen molar-refractivity contribution in [2.75, 3.05) is 6.54 Å². The molecule has 6 aliphatic rings. The van der Waals surface area contributed by atoms with Gasteiger partial charge in [0.05, 0.1) is 24.1 Å². The molecule has 1 aromatic carbocycles. The standard InChI is InChI=1S/C43H54N4O9S/c1-2-30-25-43(30,42(52)45-57(53,54)32-19-20-32)44-39(49)35-23-31-26-47(35)41(51)34(27-12-6-7-13-27)24-38(48)56-36-18-11-16-28(36)14-5-3-4-10-21-46-37(55-31)22-29-15-8-9-17-33(29)40(46)50/h2,4,8-10,15,17,22,27-28,30-32,34-36H,1,3,5-7,11-14,16,18-21,23-26H2,(H,44,49)(H,45,52)/b10-4+/t28-,30-,31-,34+,35+,36-,43-/m1/s1. The van der Waals surface area contributed by atoms with Crippen LogP contribution < -0.4 is 20.3 Å². The molecule has 2 aromatic rings. The lowest BCUT2D eigenvalue weighted by Gasteiger charge is -2.32. The van der Waals surface area contributed by atoms with Gasteiger partial charge in [-0.3, -0.25) is 33.3 Å². The minimum Gasteiger partial charge on any atom is -0.473 e. The Hall–Kier alpha value is -4.46. The summed E-state index contributed by atoms with van der Waals surface area (Å²) < 4.78 is 42.1. The number of nitrogens with zero attached hydrogens (tertiary/aromatic N) is 2. The molecule has 0 radical (unpaired) electrons. The highest BCUT2D eigenvalue weighted by Crippen LogP contribution is 2.46. The Morgan fingerprint density at radius 2 is 1.67 bits per heavy atom. The van der Waals surface area contributed by atoms with Gasteiger partial charge in [0, 0.05) is 30.3 Å². The van der Waals surface area contributed by atoms with E-state index in [0.29, 0.717) is 29.5 Å². The van der Waals surface area contributed by atoms with E-state index in [0.717, 1.165) is 64.2 Å². The first-order chi connectivity index (χ1) is 27.5. The molecule has 14 heteroatoms. The highest BCUT2D eigenvalue weighted by molar-refractivity contribution is 7.91. The lowest BCUT2D eigenvalue weighted by Crippen LogP contribution is -2.57. The molecule has 5 fully saturated rings. The molecule has 8 rings (SSSR count). The van der Waals surface area contributed by atoms with Crippen LogP contribution >= 0.6 is 0 Å². The predicted molar refractivity (Wildman–Crippen MR) is 212 cm³/mol. The van der Waals surface area contributed by atoms with Gasteiger partial charge in [0.2, 0.25) is 21.8 Å². The summed E-state index contributed by atoms with van der Waals surface area (Å²) in [6.45, 7) is 4.07. The number of rotatable bonds is 7. The Labute approximate surface area is 333 Å². The molecule has 0 unspecified atom stereocenters. The number of hydrogen-bond donors (Lipinski definition) is 2. The van der Waals surface area contributed by atoms with Crippen molar-refractivity contribution in [3.8, 4) is 5.88 Å². The first-order valence-electron chi connectivity index (χ1n) is 20.9. The number of carbonyl (C=O) groups is 4. The van der Waals surface area contributed by atoms with E-state index in [1.165, 1.54) is 11.0 Å². The third kappa shape index (κ3) is 8.16. The van der Waals surface area contributed by atoms with Crippen molar-refractivity contribution >= 4 is 44.5 Å². The maximum atomic E-state index is 14.9. The molecule has 1 aromatic heterocycles. The van der Waals surface area contributed by atoms with Gasteiger partial charge in [-0.15, -0.1) is 6.58 Å². The van der Waals surface area contributed by atoms with Crippen LogP contribution in [0.25, 0.3) is 10.8 Å². The predicted octanol–water partition coefficient (Wildman–Crippen LogP) is 4.67. The summed E-state index contributed by atoms with van der Waals surface area (Å²) in [5.74, 6) is -2.96. The molecule has 3 heterocycles. The van der Waals surface area contributed by atoms with Crippen molar-refractivity contribution in [1.29, 1.82) is 0 Å². The maximum absolute atomic E-state index is 14.9. The van der Waals surface area contributed by atoms with Gasteiger partial charge < -0.3 is 19.7 Å². The van der Waals surface area contributed by atoms with Crippen molar-refractivity contribution in [1.82, 2.24) is 19.5 Å². The van der Waals surface area contributed by atoms with E-state index in [1.54, 1.807) is 10.6 Å². The van der Waals surface area contributed by atoms with Crippen molar-refractivity contribution in [3.63, 3.8) is 0 Å². The molecule has 2 N–H and O–H groups in total. The fourth-order valence-electron chi connectivity index (χ4n) is 9.82. The van der Waals surface area contributed by atoms with Crippen molar-refractivity contribution < 1.29 is 37.1 Å². The van der Waals surface area contributed by atoms with Gasteiger partial charge in [-0.05, 0) is 93.9 Å².